The standard InChI is InChI=1S/C16H13F5N4O.C13H10F3N3O2.C3H5F2N.ClH/c1-10-4-11(6-12(5-10)16(19,20)21)14-22-9-25(23-14)3-2-13(26)24-7-15(17,18)8-24;1-8-4-9(6-10(5-8)13(14,15)16)12-17-7-19(18-12)3-2-11(20)21;4-3(5)1-6-2-3;/h2-6,9H,7-8H2,1H3;2-7H,1H3,(H,20,21);6H,1-2H2;1H/b2*3-2-;;/i2D,9D;2D,7D;;. The molecule has 0 unspecified atom stereocenters. The molecule has 54 heavy (non-hydrogen) atoms. The van der Waals surface area contributed by atoms with Crippen LogP contribution in [0.4, 0.5) is 43.9 Å². The van der Waals surface area contributed by atoms with Crippen molar-refractivity contribution >= 4 is 36.7 Å². The fraction of sp³-hybridized carbons (Fsp3) is 0.312. The molecule has 0 aliphatic carbocycles. The number of nitrogens with zero attached hydrogens (tertiary/aromatic N) is 7. The molecule has 0 bridgehead atoms. The summed E-state index contributed by atoms with van der Waals surface area (Å²) < 4.78 is 158. The number of aryl methyl sites for hydroxylation is 2. The van der Waals surface area contributed by atoms with Gasteiger partial charge in [0.2, 0.25) is 5.91 Å². The zero-order valence-corrected chi connectivity index (χ0v) is 28.3. The molecule has 6 rings (SSSR count). The predicted molar refractivity (Wildman–Crippen MR) is 175 cm³/mol. The third-order valence-electron chi connectivity index (χ3n) is 6.77. The number of amides is 1. The summed E-state index contributed by atoms with van der Waals surface area (Å²) in [7, 11) is 0. The molecular weight excluding hydrogens is 770 g/mol. The lowest BCUT2D eigenvalue weighted by Gasteiger charge is -2.37. The Morgan fingerprint density at radius 1 is 0.778 bits per heavy atom. The van der Waals surface area contributed by atoms with Gasteiger partial charge in [-0.15, -0.1) is 22.6 Å². The Morgan fingerprint density at radius 3 is 1.52 bits per heavy atom. The van der Waals surface area contributed by atoms with Crippen LogP contribution in [-0.4, -0.2) is 89.4 Å². The maximum Gasteiger partial charge on any atom is 0.416 e. The summed E-state index contributed by atoms with van der Waals surface area (Å²) in [5, 5.41) is 18.7. The van der Waals surface area contributed by atoms with Crippen LogP contribution in [0.3, 0.4) is 0 Å². The van der Waals surface area contributed by atoms with Gasteiger partial charge in [-0.1, -0.05) is 0 Å². The molecule has 11 nitrogen and oxygen atoms in total. The summed E-state index contributed by atoms with van der Waals surface area (Å²) in [4.78, 5) is 30.7. The Hall–Kier alpha value is -5.31. The Labute approximate surface area is 311 Å². The summed E-state index contributed by atoms with van der Waals surface area (Å²) in [6.07, 6.45) is -8.60. The van der Waals surface area contributed by atoms with Gasteiger partial charge in [0.15, 0.2) is 11.6 Å². The van der Waals surface area contributed by atoms with Crippen molar-refractivity contribution in [3.05, 3.63) is 83.4 Å². The highest BCUT2D eigenvalue weighted by Gasteiger charge is 2.45. The quantitative estimate of drug-likeness (QED) is 0.163. The van der Waals surface area contributed by atoms with Gasteiger partial charge in [-0.2, -0.15) is 26.3 Å². The minimum Gasteiger partial charge on any atom is -0.478 e. The number of likely N-dealkylation sites (tertiary alicyclic amines) is 1. The van der Waals surface area contributed by atoms with E-state index in [0.29, 0.717) is 15.8 Å². The van der Waals surface area contributed by atoms with Crippen LogP contribution >= 0.6 is 12.4 Å². The van der Waals surface area contributed by atoms with E-state index in [0.717, 1.165) is 46.2 Å². The fourth-order valence-corrected chi connectivity index (χ4v) is 4.30. The molecule has 2 aromatic heterocycles. The van der Waals surface area contributed by atoms with Crippen LogP contribution in [-0.2, 0) is 21.9 Å². The smallest absolute Gasteiger partial charge is 0.416 e. The van der Waals surface area contributed by atoms with Crippen LogP contribution < -0.4 is 5.32 Å². The Morgan fingerprint density at radius 2 is 1.19 bits per heavy atom. The zero-order chi connectivity index (χ0) is 42.8. The number of aliphatic carboxylic acids is 1. The molecule has 2 aromatic carbocycles. The van der Waals surface area contributed by atoms with Gasteiger partial charge >= 0.3 is 18.3 Å². The third kappa shape index (κ3) is 12.4. The normalized spacial score (nSPS) is 17.4. The van der Waals surface area contributed by atoms with E-state index in [1.165, 1.54) is 26.0 Å². The fourth-order valence-electron chi connectivity index (χ4n) is 4.30. The Bertz CT molecular complexity index is 2220. The molecule has 1 amide bonds. The van der Waals surface area contributed by atoms with Gasteiger partial charge in [-0.25, -0.2) is 41.7 Å². The van der Waals surface area contributed by atoms with Gasteiger partial charge in [0.05, 0.1) is 40.0 Å². The van der Waals surface area contributed by atoms with Crippen molar-refractivity contribution in [3.8, 4) is 22.8 Å². The van der Waals surface area contributed by atoms with Crippen molar-refractivity contribution in [1.82, 2.24) is 39.7 Å². The number of carbonyl (C=O) groups excluding carboxylic acids is 1. The summed E-state index contributed by atoms with van der Waals surface area (Å²) >= 11 is 0. The highest BCUT2D eigenvalue weighted by molar-refractivity contribution is 5.90. The lowest BCUT2D eigenvalue weighted by atomic mass is 10.1. The number of carboxylic acids is 1. The van der Waals surface area contributed by atoms with E-state index in [4.69, 9.17) is 10.6 Å². The monoisotopic (exact) mass is 802 g/mol. The lowest BCUT2D eigenvalue weighted by Crippen LogP contribution is -2.58. The molecule has 0 atom stereocenters. The summed E-state index contributed by atoms with van der Waals surface area (Å²) in [5.41, 5.74) is -1.10. The van der Waals surface area contributed by atoms with Gasteiger partial charge in [0.25, 0.3) is 11.8 Å². The van der Waals surface area contributed by atoms with E-state index >= 15 is 0 Å². The molecule has 22 heteroatoms. The molecule has 0 radical (unpaired) electrons. The van der Waals surface area contributed by atoms with Crippen LogP contribution in [0, 0.1) is 13.8 Å². The first-order valence-electron chi connectivity index (χ1n) is 16.7. The van der Waals surface area contributed by atoms with Gasteiger partial charge < -0.3 is 15.3 Å². The number of hydrogen-bond acceptors (Lipinski definition) is 7. The van der Waals surface area contributed by atoms with Crippen molar-refractivity contribution < 1.29 is 64.1 Å². The van der Waals surface area contributed by atoms with Crippen LogP contribution in [0.25, 0.3) is 35.2 Å². The first-order valence-corrected chi connectivity index (χ1v) is 14.7. The molecule has 2 saturated heterocycles. The molecule has 2 aliphatic heterocycles. The van der Waals surface area contributed by atoms with E-state index in [1.54, 1.807) is 0 Å². The average molecular weight is 803 g/mol. The van der Waals surface area contributed by atoms with Crippen LogP contribution in [0.5, 0.6) is 0 Å². The maximum absolute atomic E-state index is 13.0. The maximum atomic E-state index is 13.0. The number of carboxylic acid groups (broad SMARTS) is 1. The van der Waals surface area contributed by atoms with E-state index in [1.807, 2.05) is 0 Å². The highest BCUT2D eigenvalue weighted by Crippen LogP contribution is 2.34. The van der Waals surface area contributed by atoms with Crippen molar-refractivity contribution in [2.75, 3.05) is 26.2 Å². The topological polar surface area (TPSA) is 131 Å². The highest BCUT2D eigenvalue weighted by atomic mass is 35.5. The van der Waals surface area contributed by atoms with Gasteiger partial charge in [0.1, 0.15) is 15.3 Å². The Kier molecular flexibility index (Phi) is 11.5. The molecular formula is C32H29ClF10N8O3. The Balaban J connectivity index is 0.000000270. The van der Waals surface area contributed by atoms with Crippen LogP contribution in [0.15, 0.2) is 61.1 Å². The summed E-state index contributed by atoms with van der Waals surface area (Å²) in [6.45, 7) is 1.06. The zero-order valence-electron chi connectivity index (χ0n) is 31.5. The van der Waals surface area contributed by atoms with Crippen LogP contribution in [0.2, 0.25) is 0 Å². The number of halogens is 11. The van der Waals surface area contributed by atoms with E-state index in [2.05, 4.69) is 25.5 Å². The number of alkyl halides is 10. The number of benzene rings is 2. The molecule has 0 spiro atoms. The minimum absolute atomic E-state index is 0. The van der Waals surface area contributed by atoms with Crippen molar-refractivity contribution in [2.45, 2.75) is 38.0 Å². The van der Waals surface area contributed by atoms with Gasteiger partial charge in [-0.05, 0) is 61.4 Å². The van der Waals surface area contributed by atoms with E-state index in [9.17, 15) is 53.5 Å². The molecule has 4 aromatic rings. The second kappa shape index (κ2) is 16.8. The second-order valence-corrected chi connectivity index (χ2v) is 11.5. The minimum atomic E-state index is -4.58. The van der Waals surface area contributed by atoms with Gasteiger partial charge in [-0.3, -0.25) is 4.79 Å². The predicted octanol–water partition coefficient (Wildman–Crippen LogP) is 6.69. The van der Waals surface area contributed by atoms with E-state index < -0.39 is 85.0 Å². The van der Waals surface area contributed by atoms with Crippen molar-refractivity contribution in [3.63, 3.8) is 0 Å². The van der Waals surface area contributed by atoms with E-state index in [-0.39, 0.29) is 48.3 Å². The molecule has 2 fully saturated rings. The number of aromatic nitrogens is 6. The molecule has 2 aliphatic rings. The largest absolute Gasteiger partial charge is 0.478 e. The first-order chi connectivity index (χ1) is 26.1. The lowest BCUT2D eigenvalue weighted by molar-refractivity contribution is -0.160. The average Bonchev–Trinajstić information content (AvgIpc) is 3.62. The number of hydrogen-bond donors (Lipinski definition) is 2. The number of carbonyl (C=O) groups is 2. The van der Waals surface area contributed by atoms with Crippen molar-refractivity contribution in [1.29, 1.82) is 0 Å². The number of nitrogens with one attached hydrogen (secondary N) is 1. The first kappa shape index (κ1) is 37.0. The summed E-state index contributed by atoms with van der Waals surface area (Å²) in [5.74, 6) is -8.25. The van der Waals surface area contributed by atoms with Crippen LogP contribution in [0.1, 0.15) is 27.7 Å². The van der Waals surface area contributed by atoms with Crippen molar-refractivity contribution in [2.24, 2.45) is 0 Å². The third-order valence-corrected chi connectivity index (χ3v) is 6.77. The molecule has 0 saturated carbocycles. The molecule has 4 heterocycles. The SMILES string of the molecule is Cl.FC1(F)CNC1.[2H]/C(=C/n1nc(-c2cc(C)cc(C(F)(F)F)c2)nc1[2H])C(=O)N1CC(F)(F)C1.[2H]/C(=C/n1nc(-c2cc(C)cc(C(F)(F)F)c2)nc1[2H])C(=O)O. The molecule has 2 N–H and O–H groups in total. The molecule has 292 valence electrons. The number of rotatable bonds is 6. The summed E-state index contributed by atoms with van der Waals surface area (Å²) in [6, 6.07) is 4.85. The van der Waals surface area contributed by atoms with Gasteiger partial charge in [0, 0.05) is 35.6 Å². The second-order valence-electron chi connectivity index (χ2n) is 11.5.